The molecule has 1 aromatic heterocycles. The normalized spacial score (nSPS) is 16.2. The molecular weight excluding hydrogens is 310 g/mol. The van der Waals surface area contributed by atoms with Crippen molar-refractivity contribution in [2.75, 3.05) is 13.2 Å². The first-order valence-corrected chi connectivity index (χ1v) is 6.76. The second-order valence-electron chi connectivity index (χ2n) is 4.02. The lowest BCUT2D eigenvalue weighted by Gasteiger charge is -2.06. The molecule has 2 aromatic rings. The zero-order valence-electron chi connectivity index (χ0n) is 9.66. The van der Waals surface area contributed by atoms with E-state index in [-0.39, 0.29) is 0 Å². The fourth-order valence-electron chi connectivity index (χ4n) is 1.86. The molecule has 0 atom stereocenters. The molecule has 1 aliphatic heterocycles. The first kappa shape index (κ1) is 13.3. The molecule has 1 aromatic carbocycles. The fraction of sp³-hybridized carbons (Fsp3) is 0.231. The van der Waals surface area contributed by atoms with Gasteiger partial charge in [-0.15, -0.1) is 0 Å². The van der Waals surface area contributed by atoms with Crippen LogP contribution in [0.25, 0.3) is 11.3 Å². The third-order valence-electron chi connectivity index (χ3n) is 2.76. The maximum Gasteiger partial charge on any atom is 0.217 e. The lowest BCUT2D eigenvalue weighted by molar-refractivity contribution is -0.0585. The van der Waals surface area contributed by atoms with Gasteiger partial charge in [0.05, 0.1) is 28.3 Å². The molecule has 1 fully saturated rings. The van der Waals surface area contributed by atoms with E-state index < -0.39 is 6.29 Å². The van der Waals surface area contributed by atoms with Gasteiger partial charge in [-0.2, -0.15) is 0 Å². The van der Waals surface area contributed by atoms with Crippen LogP contribution in [0.2, 0.25) is 15.1 Å². The highest BCUT2D eigenvalue weighted by atomic mass is 35.5. The summed E-state index contributed by atoms with van der Waals surface area (Å²) in [4.78, 5) is 0. The minimum Gasteiger partial charge on any atom is -0.456 e. The average molecular weight is 320 g/mol. The number of rotatable bonds is 2. The molecule has 0 N–H and O–H groups in total. The van der Waals surface area contributed by atoms with Gasteiger partial charge >= 0.3 is 0 Å². The standard InChI is InChI=1S/C13H9Cl3O3/c14-8-6-10(16)9(15)5-7(8)11-1-2-12(19-11)13-17-3-4-18-13/h1-2,5-6,13H,3-4H2. The second kappa shape index (κ2) is 5.35. The van der Waals surface area contributed by atoms with Crippen LogP contribution in [0.5, 0.6) is 0 Å². The van der Waals surface area contributed by atoms with Gasteiger partial charge in [0.15, 0.2) is 5.76 Å². The largest absolute Gasteiger partial charge is 0.456 e. The Morgan fingerprint density at radius 1 is 0.895 bits per heavy atom. The van der Waals surface area contributed by atoms with Gasteiger partial charge in [0, 0.05) is 5.56 Å². The highest BCUT2D eigenvalue weighted by Gasteiger charge is 2.22. The number of furan rings is 1. The Bertz CT molecular complexity index is 603. The summed E-state index contributed by atoms with van der Waals surface area (Å²) in [6.45, 7) is 1.13. The van der Waals surface area contributed by atoms with Crippen molar-refractivity contribution in [2.24, 2.45) is 0 Å². The number of halogens is 3. The minimum atomic E-state index is -0.449. The summed E-state index contributed by atoms with van der Waals surface area (Å²) >= 11 is 18.0. The highest BCUT2D eigenvalue weighted by molar-refractivity contribution is 6.44. The summed E-state index contributed by atoms with van der Waals surface area (Å²) in [6.07, 6.45) is -0.449. The zero-order chi connectivity index (χ0) is 13.4. The Hall–Kier alpha value is -0.710. The van der Waals surface area contributed by atoms with E-state index in [0.717, 1.165) is 0 Å². The summed E-state index contributed by atoms with van der Waals surface area (Å²) < 4.78 is 16.4. The van der Waals surface area contributed by atoms with E-state index in [1.54, 1.807) is 24.3 Å². The molecule has 1 aliphatic rings. The van der Waals surface area contributed by atoms with Crippen molar-refractivity contribution in [2.45, 2.75) is 6.29 Å². The third-order valence-corrected chi connectivity index (χ3v) is 3.79. The van der Waals surface area contributed by atoms with E-state index in [4.69, 9.17) is 48.7 Å². The molecule has 19 heavy (non-hydrogen) atoms. The molecule has 0 radical (unpaired) electrons. The van der Waals surface area contributed by atoms with Gasteiger partial charge < -0.3 is 13.9 Å². The maximum atomic E-state index is 6.14. The Morgan fingerprint density at radius 3 is 2.32 bits per heavy atom. The molecule has 0 amide bonds. The van der Waals surface area contributed by atoms with Crippen LogP contribution >= 0.6 is 34.8 Å². The molecule has 100 valence electrons. The molecule has 0 bridgehead atoms. The summed E-state index contributed by atoms with van der Waals surface area (Å²) in [5.74, 6) is 1.20. The van der Waals surface area contributed by atoms with Crippen LogP contribution in [-0.4, -0.2) is 13.2 Å². The molecule has 0 aliphatic carbocycles. The van der Waals surface area contributed by atoms with Crippen LogP contribution < -0.4 is 0 Å². The van der Waals surface area contributed by atoms with Gasteiger partial charge in [0.1, 0.15) is 5.76 Å². The van der Waals surface area contributed by atoms with E-state index in [1.165, 1.54) is 0 Å². The second-order valence-corrected chi connectivity index (χ2v) is 5.24. The van der Waals surface area contributed by atoms with Crippen molar-refractivity contribution >= 4 is 34.8 Å². The van der Waals surface area contributed by atoms with Crippen LogP contribution in [0.4, 0.5) is 0 Å². The van der Waals surface area contributed by atoms with Gasteiger partial charge in [-0.25, -0.2) is 0 Å². The van der Waals surface area contributed by atoms with E-state index in [0.29, 0.717) is 45.4 Å². The molecule has 2 heterocycles. The predicted molar refractivity (Wildman–Crippen MR) is 73.8 cm³/mol. The lowest BCUT2D eigenvalue weighted by Crippen LogP contribution is -1.94. The topological polar surface area (TPSA) is 31.6 Å². The Morgan fingerprint density at radius 2 is 1.58 bits per heavy atom. The monoisotopic (exact) mass is 318 g/mol. The molecule has 1 saturated heterocycles. The van der Waals surface area contributed by atoms with Crippen molar-refractivity contribution in [3.05, 3.63) is 45.1 Å². The fourth-order valence-corrected chi connectivity index (χ4v) is 2.50. The lowest BCUT2D eigenvalue weighted by atomic mass is 10.2. The van der Waals surface area contributed by atoms with Gasteiger partial charge in [0.2, 0.25) is 6.29 Å². The van der Waals surface area contributed by atoms with E-state index in [2.05, 4.69) is 0 Å². The first-order valence-electron chi connectivity index (χ1n) is 5.63. The Balaban J connectivity index is 1.96. The highest BCUT2D eigenvalue weighted by Crippen LogP contribution is 2.37. The van der Waals surface area contributed by atoms with Gasteiger partial charge in [-0.05, 0) is 24.3 Å². The van der Waals surface area contributed by atoms with Crippen molar-refractivity contribution in [1.29, 1.82) is 0 Å². The van der Waals surface area contributed by atoms with Crippen molar-refractivity contribution in [3.63, 3.8) is 0 Å². The molecule has 0 spiro atoms. The Kier molecular flexibility index (Phi) is 3.74. The van der Waals surface area contributed by atoms with E-state index >= 15 is 0 Å². The maximum absolute atomic E-state index is 6.14. The van der Waals surface area contributed by atoms with Gasteiger partial charge in [-0.3, -0.25) is 0 Å². The third kappa shape index (κ3) is 2.62. The van der Waals surface area contributed by atoms with Crippen LogP contribution in [0.1, 0.15) is 12.1 Å². The van der Waals surface area contributed by atoms with E-state index in [1.807, 2.05) is 0 Å². The number of ether oxygens (including phenoxy) is 2. The zero-order valence-corrected chi connectivity index (χ0v) is 11.9. The average Bonchev–Trinajstić information content (AvgIpc) is 3.03. The van der Waals surface area contributed by atoms with Crippen molar-refractivity contribution in [1.82, 2.24) is 0 Å². The first-order chi connectivity index (χ1) is 9.15. The summed E-state index contributed by atoms with van der Waals surface area (Å²) in [7, 11) is 0. The SMILES string of the molecule is Clc1cc(Cl)c(-c2ccc(C3OCCO3)o2)cc1Cl. The molecule has 3 rings (SSSR count). The quantitative estimate of drug-likeness (QED) is 0.734. The van der Waals surface area contributed by atoms with Gasteiger partial charge in [-0.1, -0.05) is 34.8 Å². The molecule has 0 unspecified atom stereocenters. The Labute approximate surface area is 125 Å². The van der Waals surface area contributed by atoms with E-state index in [9.17, 15) is 0 Å². The van der Waals surface area contributed by atoms with Crippen LogP contribution in [0.3, 0.4) is 0 Å². The minimum absolute atomic E-state index is 0.407. The number of benzene rings is 1. The van der Waals surface area contributed by atoms with Crippen LogP contribution in [-0.2, 0) is 9.47 Å². The van der Waals surface area contributed by atoms with Crippen LogP contribution in [0, 0.1) is 0 Å². The predicted octanol–water partition coefficient (Wildman–Crippen LogP) is 4.95. The molecule has 3 nitrogen and oxygen atoms in total. The molecular formula is C13H9Cl3O3. The smallest absolute Gasteiger partial charge is 0.217 e. The summed E-state index contributed by atoms with van der Waals surface area (Å²) in [5, 5.41) is 1.31. The van der Waals surface area contributed by atoms with Crippen LogP contribution in [0.15, 0.2) is 28.7 Å². The number of hydrogen-bond donors (Lipinski definition) is 0. The summed E-state index contributed by atoms with van der Waals surface area (Å²) in [5.41, 5.74) is 0.681. The molecule has 6 heteroatoms. The number of hydrogen-bond acceptors (Lipinski definition) is 3. The van der Waals surface area contributed by atoms with Crippen molar-refractivity contribution < 1.29 is 13.9 Å². The van der Waals surface area contributed by atoms with Gasteiger partial charge in [0.25, 0.3) is 0 Å². The molecule has 0 saturated carbocycles. The van der Waals surface area contributed by atoms with Crippen molar-refractivity contribution in [3.8, 4) is 11.3 Å². The summed E-state index contributed by atoms with van der Waals surface area (Å²) in [6, 6.07) is 6.85.